The van der Waals surface area contributed by atoms with Gasteiger partial charge in [-0.1, -0.05) is 0 Å². The fourth-order valence-electron chi connectivity index (χ4n) is 0.689. The summed E-state index contributed by atoms with van der Waals surface area (Å²) in [5.74, 6) is -1.07. The Bertz CT molecular complexity index is 349. The second-order valence-electron chi connectivity index (χ2n) is 2.02. The summed E-state index contributed by atoms with van der Waals surface area (Å²) >= 11 is 2.62. The maximum absolute atomic E-state index is 12.4. The number of rotatable bonds is 1. The smallest absolute Gasteiger partial charge is 0.265 e. The molecule has 0 radical (unpaired) electrons. The largest absolute Gasteiger partial charge is 0.298 e. The molecule has 0 saturated heterocycles. The maximum atomic E-state index is 12.4. The predicted molar refractivity (Wildman–Crippen MR) is 39.7 cm³/mol. The van der Waals surface area contributed by atoms with E-state index in [1.807, 2.05) is 0 Å². The van der Waals surface area contributed by atoms with Crippen molar-refractivity contribution in [2.24, 2.45) is 0 Å². The number of hydrogen-bond acceptors (Lipinski definition) is 1. The Morgan fingerprint density at radius 1 is 1.50 bits per heavy atom. The molecule has 12 heavy (non-hydrogen) atoms. The Hall–Kier alpha value is -0.780. The first-order chi connectivity index (χ1) is 5.52. The number of hydrogen-bond donors (Lipinski definition) is 1. The first-order valence-corrected chi connectivity index (χ1v) is 3.68. The van der Waals surface area contributed by atoms with Crippen LogP contribution >= 0.6 is 15.9 Å². The number of aromatic nitrogens is 1. The van der Waals surface area contributed by atoms with Gasteiger partial charge in [-0.15, -0.1) is 0 Å². The molecule has 0 amide bonds. The van der Waals surface area contributed by atoms with Crippen LogP contribution < -0.4 is 5.56 Å². The van der Waals surface area contributed by atoms with Crippen molar-refractivity contribution in [3.05, 3.63) is 32.4 Å². The Morgan fingerprint density at radius 2 is 2.08 bits per heavy atom. The van der Waals surface area contributed by atoms with E-state index in [1.165, 1.54) is 0 Å². The monoisotopic (exact) mass is 241 g/mol. The Labute approximate surface area is 73.5 Å². The first-order valence-electron chi connectivity index (χ1n) is 2.88. The lowest BCUT2D eigenvalue weighted by molar-refractivity contribution is 0.149. The number of pyridine rings is 1. The van der Waals surface area contributed by atoms with Crippen molar-refractivity contribution in [1.29, 1.82) is 0 Å². The molecular weight excluding hydrogens is 239 g/mol. The van der Waals surface area contributed by atoms with Crippen molar-refractivity contribution in [1.82, 2.24) is 4.98 Å². The highest BCUT2D eigenvalue weighted by Crippen LogP contribution is 2.24. The second kappa shape index (κ2) is 3.30. The molecule has 0 aromatic carbocycles. The van der Waals surface area contributed by atoms with Crippen LogP contribution in [0, 0.1) is 5.95 Å². The summed E-state index contributed by atoms with van der Waals surface area (Å²) in [6.45, 7) is 0. The number of aromatic amines is 1. The summed E-state index contributed by atoms with van der Waals surface area (Å²) in [7, 11) is 0. The van der Waals surface area contributed by atoms with Crippen molar-refractivity contribution in [2.75, 3.05) is 0 Å². The summed E-state index contributed by atoms with van der Waals surface area (Å²) in [4.78, 5) is 12.4. The normalized spacial score (nSPS) is 10.8. The van der Waals surface area contributed by atoms with Crippen molar-refractivity contribution >= 4 is 15.9 Å². The van der Waals surface area contributed by atoms with Crippen LogP contribution in [0.2, 0.25) is 0 Å². The zero-order valence-electron chi connectivity index (χ0n) is 5.57. The number of alkyl halides is 2. The fraction of sp³-hybridized carbons (Fsp3) is 0.167. The summed E-state index contributed by atoms with van der Waals surface area (Å²) in [6.07, 6.45) is -2.86. The van der Waals surface area contributed by atoms with E-state index in [0.29, 0.717) is 6.07 Å². The first kappa shape index (κ1) is 9.31. The quantitative estimate of drug-likeness (QED) is 0.752. The lowest BCUT2D eigenvalue weighted by atomic mass is 10.3. The minimum atomic E-state index is -2.86. The Kier molecular flexibility index (Phi) is 2.56. The van der Waals surface area contributed by atoms with Gasteiger partial charge in [-0.25, -0.2) is 8.78 Å². The van der Waals surface area contributed by atoms with Crippen LogP contribution in [0.15, 0.2) is 15.3 Å². The van der Waals surface area contributed by atoms with Crippen molar-refractivity contribution in [2.45, 2.75) is 6.43 Å². The lowest BCUT2D eigenvalue weighted by Gasteiger charge is -2.00. The molecule has 6 heteroatoms. The van der Waals surface area contributed by atoms with Crippen LogP contribution in [-0.4, -0.2) is 4.98 Å². The van der Waals surface area contributed by atoms with E-state index in [2.05, 4.69) is 15.9 Å². The van der Waals surface area contributed by atoms with Crippen LogP contribution in [0.25, 0.3) is 0 Å². The molecule has 0 saturated carbocycles. The van der Waals surface area contributed by atoms with Gasteiger partial charge in [0, 0.05) is 11.6 Å². The molecule has 0 aliphatic rings. The fourth-order valence-corrected chi connectivity index (χ4v) is 1.08. The molecule has 0 aliphatic carbocycles. The summed E-state index contributed by atoms with van der Waals surface area (Å²) in [5.41, 5.74) is -1.54. The molecule has 0 spiro atoms. The van der Waals surface area contributed by atoms with Gasteiger partial charge in [0.1, 0.15) is 0 Å². The van der Waals surface area contributed by atoms with Crippen molar-refractivity contribution < 1.29 is 13.2 Å². The summed E-state index contributed by atoms with van der Waals surface area (Å²) < 4.78 is 36.1. The minimum Gasteiger partial charge on any atom is -0.298 e. The van der Waals surface area contributed by atoms with E-state index in [4.69, 9.17) is 0 Å². The van der Waals surface area contributed by atoms with Crippen molar-refractivity contribution in [3.63, 3.8) is 0 Å². The molecule has 2 nitrogen and oxygen atoms in total. The number of H-pyrrole nitrogens is 1. The highest BCUT2D eigenvalue weighted by Gasteiger charge is 2.15. The van der Waals surface area contributed by atoms with E-state index in [1.54, 1.807) is 4.98 Å². The second-order valence-corrected chi connectivity index (χ2v) is 2.81. The third-order valence-electron chi connectivity index (χ3n) is 1.20. The maximum Gasteiger partial charge on any atom is 0.265 e. The van der Waals surface area contributed by atoms with Gasteiger partial charge in [0.15, 0.2) is 5.95 Å². The van der Waals surface area contributed by atoms with Gasteiger partial charge in [-0.2, -0.15) is 4.39 Å². The SMILES string of the molecule is O=c1[nH]c(F)cc(C(F)F)c1Br. The van der Waals surface area contributed by atoms with E-state index < -0.39 is 23.5 Å². The molecule has 1 rings (SSSR count). The van der Waals surface area contributed by atoms with E-state index in [-0.39, 0.29) is 4.47 Å². The van der Waals surface area contributed by atoms with Crippen LogP contribution in [0.1, 0.15) is 12.0 Å². The third-order valence-corrected chi connectivity index (χ3v) is 2.02. The van der Waals surface area contributed by atoms with Gasteiger partial charge in [0.05, 0.1) is 4.47 Å². The zero-order chi connectivity index (χ0) is 9.30. The molecule has 66 valence electrons. The molecular formula is C6H3BrF3NO. The molecule has 1 aromatic rings. The van der Waals surface area contributed by atoms with Crippen molar-refractivity contribution in [3.8, 4) is 0 Å². The molecule has 0 unspecified atom stereocenters. The summed E-state index contributed by atoms with van der Waals surface area (Å²) in [5, 5.41) is 0. The van der Waals surface area contributed by atoms with Crippen LogP contribution in [0.5, 0.6) is 0 Å². The van der Waals surface area contributed by atoms with E-state index in [0.717, 1.165) is 0 Å². The average Bonchev–Trinajstić information content (AvgIpc) is 1.96. The molecule has 0 bridgehead atoms. The Morgan fingerprint density at radius 3 is 2.58 bits per heavy atom. The van der Waals surface area contributed by atoms with Crippen LogP contribution in [-0.2, 0) is 0 Å². The highest BCUT2D eigenvalue weighted by atomic mass is 79.9. The zero-order valence-corrected chi connectivity index (χ0v) is 7.16. The van der Waals surface area contributed by atoms with Gasteiger partial charge in [0.25, 0.3) is 12.0 Å². The lowest BCUT2D eigenvalue weighted by Crippen LogP contribution is -2.11. The molecule has 0 atom stereocenters. The van der Waals surface area contributed by atoms with Gasteiger partial charge >= 0.3 is 0 Å². The third kappa shape index (κ3) is 1.69. The van der Waals surface area contributed by atoms with Crippen LogP contribution in [0.3, 0.4) is 0 Å². The predicted octanol–water partition coefficient (Wildman–Crippen LogP) is 2.21. The van der Waals surface area contributed by atoms with Crippen LogP contribution in [0.4, 0.5) is 13.2 Å². The van der Waals surface area contributed by atoms with E-state index >= 15 is 0 Å². The van der Waals surface area contributed by atoms with Gasteiger partial charge in [0.2, 0.25) is 0 Å². The van der Waals surface area contributed by atoms with E-state index in [9.17, 15) is 18.0 Å². The van der Waals surface area contributed by atoms with Gasteiger partial charge in [-0.3, -0.25) is 9.78 Å². The molecule has 1 N–H and O–H groups in total. The standard InChI is InChI=1S/C6H3BrF3NO/c7-4-2(5(9)10)1-3(8)11-6(4)12/h1,5H,(H,11,12). The number of halogens is 4. The van der Waals surface area contributed by atoms with Gasteiger partial charge in [-0.05, 0) is 15.9 Å². The number of nitrogens with one attached hydrogen (secondary N) is 1. The topological polar surface area (TPSA) is 32.9 Å². The van der Waals surface area contributed by atoms with Gasteiger partial charge < -0.3 is 0 Å². The summed E-state index contributed by atoms with van der Waals surface area (Å²) in [6, 6.07) is 0.580. The molecule has 0 fully saturated rings. The molecule has 1 aromatic heterocycles. The minimum absolute atomic E-state index is 0.334. The molecule has 0 aliphatic heterocycles. The highest BCUT2D eigenvalue weighted by molar-refractivity contribution is 9.10. The molecule has 1 heterocycles. The average molecular weight is 242 g/mol. The Balaban J connectivity index is 3.38.